The maximum atomic E-state index is 5.62. The number of morpholine rings is 1. The third kappa shape index (κ3) is 6.82. The van der Waals surface area contributed by atoms with Crippen LogP contribution in [0.5, 0.6) is 0 Å². The van der Waals surface area contributed by atoms with Gasteiger partial charge >= 0.3 is 0 Å². The molecule has 1 atom stereocenters. The van der Waals surface area contributed by atoms with Crippen LogP contribution >= 0.6 is 24.0 Å². The number of imidazole rings is 1. The van der Waals surface area contributed by atoms with E-state index in [0.29, 0.717) is 6.54 Å². The van der Waals surface area contributed by atoms with Gasteiger partial charge in [-0.05, 0) is 51.0 Å². The van der Waals surface area contributed by atoms with E-state index in [4.69, 9.17) is 9.73 Å². The van der Waals surface area contributed by atoms with Crippen molar-refractivity contribution in [2.75, 3.05) is 37.7 Å². The Hall–Kier alpha value is -2.40. The van der Waals surface area contributed by atoms with Crippen LogP contribution in [0.15, 0.2) is 47.6 Å². The molecular weight excluding hydrogens is 541 g/mol. The lowest BCUT2D eigenvalue weighted by Crippen LogP contribution is -2.41. The fraction of sp³-hybridized carbons (Fsp3) is 0.480. The fourth-order valence-electron chi connectivity index (χ4n) is 4.16. The van der Waals surface area contributed by atoms with Crippen LogP contribution in [0.2, 0.25) is 0 Å². The standard InChI is InChI=1S/C25H35N7O.HI/c1-4-26-25(27-12-7-13-32-20(3)30-22-8-5-6-9-23(22)32)29-17-21-10-11-24(28-16-21)31-14-15-33-19(2)18-31;/h5-6,8-11,16,19H,4,7,12-15,17-18H2,1-3H3,(H2,26,27,29);1H. The third-order valence-electron chi connectivity index (χ3n) is 5.83. The molecule has 3 aromatic rings. The van der Waals surface area contributed by atoms with Crippen LogP contribution in [0.3, 0.4) is 0 Å². The first-order valence-electron chi connectivity index (χ1n) is 11.9. The molecule has 0 aliphatic carbocycles. The van der Waals surface area contributed by atoms with Crippen molar-refractivity contribution in [3.05, 3.63) is 54.0 Å². The topological polar surface area (TPSA) is 79.6 Å². The Morgan fingerprint density at radius 1 is 1.21 bits per heavy atom. The van der Waals surface area contributed by atoms with Crippen LogP contribution in [0.4, 0.5) is 5.82 Å². The summed E-state index contributed by atoms with van der Waals surface area (Å²) in [6.45, 7) is 11.9. The molecule has 1 aliphatic heterocycles. The van der Waals surface area contributed by atoms with Gasteiger partial charge in [-0.1, -0.05) is 18.2 Å². The van der Waals surface area contributed by atoms with Gasteiger partial charge in [-0.3, -0.25) is 0 Å². The highest BCUT2D eigenvalue weighted by molar-refractivity contribution is 14.0. The van der Waals surface area contributed by atoms with Gasteiger partial charge in [0, 0.05) is 38.9 Å². The Bertz CT molecular complexity index is 1070. The number of anilines is 1. The van der Waals surface area contributed by atoms with Crippen LogP contribution in [0.1, 0.15) is 31.7 Å². The molecule has 0 saturated carbocycles. The number of halogens is 1. The number of pyridine rings is 1. The Kier molecular flexibility index (Phi) is 9.94. The van der Waals surface area contributed by atoms with Crippen molar-refractivity contribution in [3.8, 4) is 0 Å². The van der Waals surface area contributed by atoms with Gasteiger partial charge in [0.15, 0.2) is 5.96 Å². The fourth-order valence-corrected chi connectivity index (χ4v) is 4.16. The van der Waals surface area contributed by atoms with Crippen LogP contribution in [0, 0.1) is 6.92 Å². The third-order valence-corrected chi connectivity index (χ3v) is 5.83. The second-order valence-corrected chi connectivity index (χ2v) is 8.43. The molecule has 184 valence electrons. The molecule has 9 heteroatoms. The second kappa shape index (κ2) is 12.9. The number of aliphatic imine (C=N–C) groups is 1. The van der Waals surface area contributed by atoms with E-state index in [1.54, 1.807) is 0 Å². The van der Waals surface area contributed by atoms with Gasteiger partial charge in [0.2, 0.25) is 0 Å². The van der Waals surface area contributed by atoms with E-state index >= 15 is 0 Å². The largest absolute Gasteiger partial charge is 0.375 e. The zero-order chi connectivity index (χ0) is 23.0. The molecule has 0 amide bonds. The lowest BCUT2D eigenvalue weighted by atomic mass is 10.2. The van der Waals surface area contributed by atoms with Gasteiger partial charge in [0.05, 0.1) is 30.3 Å². The van der Waals surface area contributed by atoms with Gasteiger partial charge in [-0.2, -0.15) is 0 Å². The van der Waals surface area contributed by atoms with Gasteiger partial charge < -0.3 is 24.8 Å². The number of hydrogen-bond acceptors (Lipinski definition) is 5. The summed E-state index contributed by atoms with van der Waals surface area (Å²) < 4.78 is 7.90. The Morgan fingerprint density at radius 2 is 2.06 bits per heavy atom. The first-order valence-corrected chi connectivity index (χ1v) is 11.9. The first-order chi connectivity index (χ1) is 16.1. The van der Waals surface area contributed by atoms with Crippen LogP contribution in [-0.2, 0) is 17.8 Å². The lowest BCUT2D eigenvalue weighted by Gasteiger charge is -2.32. The van der Waals surface area contributed by atoms with Crippen molar-refractivity contribution in [2.45, 2.75) is 46.4 Å². The molecular formula is C25H36IN7O. The van der Waals surface area contributed by atoms with Crippen molar-refractivity contribution in [1.29, 1.82) is 0 Å². The zero-order valence-corrected chi connectivity index (χ0v) is 22.7. The van der Waals surface area contributed by atoms with Crippen molar-refractivity contribution in [2.24, 2.45) is 4.99 Å². The number of ether oxygens (including phenoxy) is 1. The molecule has 1 unspecified atom stereocenters. The van der Waals surface area contributed by atoms with Crippen molar-refractivity contribution in [3.63, 3.8) is 0 Å². The summed E-state index contributed by atoms with van der Waals surface area (Å²) in [5.41, 5.74) is 3.34. The number of nitrogens with zero attached hydrogens (tertiary/aromatic N) is 5. The maximum absolute atomic E-state index is 5.62. The minimum Gasteiger partial charge on any atom is -0.375 e. The summed E-state index contributed by atoms with van der Waals surface area (Å²) in [6, 6.07) is 12.5. The summed E-state index contributed by atoms with van der Waals surface area (Å²) in [5.74, 6) is 2.89. The molecule has 1 aromatic carbocycles. The smallest absolute Gasteiger partial charge is 0.191 e. The maximum Gasteiger partial charge on any atom is 0.191 e. The van der Waals surface area contributed by atoms with E-state index in [-0.39, 0.29) is 30.1 Å². The molecule has 0 radical (unpaired) electrons. The number of nitrogens with one attached hydrogen (secondary N) is 2. The molecule has 4 rings (SSSR count). The number of para-hydroxylation sites is 2. The summed E-state index contributed by atoms with van der Waals surface area (Å²) in [6.07, 6.45) is 3.16. The van der Waals surface area contributed by atoms with E-state index in [1.807, 2.05) is 12.3 Å². The molecule has 0 spiro atoms. The minimum absolute atomic E-state index is 0. The summed E-state index contributed by atoms with van der Waals surface area (Å²) in [4.78, 5) is 16.3. The van der Waals surface area contributed by atoms with Crippen molar-refractivity contribution >= 4 is 46.8 Å². The quantitative estimate of drug-likeness (QED) is 0.184. The highest BCUT2D eigenvalue weighted by atomic mass is 127. The highest BCUT2D eigenvalue weighted by Gasteiger charge is 2.17. The van der Waals surface area contributed by atoms with Crippen LogP contribution in [-0.4, -0.2) is 59.4 Å². The molecule has 34 heavy (non-hydrogen) atoms. The average Bonchev–Trinajstić information content (AvgIpc) is 3.15. The number of guanidine groups is 1. The van der Waals surface area contributed by atoms with E-state index < -0.39 is 0 Å². The van der Waals surface area contributed by atoms with Gasteiger partial charge in [-0.15, -0.1) is 24.0 Å². The molecule has 3 heterocycles. The molecule has 1 fully saturated rings. The number of benzene rings is 1. The molecule has 0 bridgehead atoms. The Balaban J connectivity index is 0.00000324. The number of rotatable bonds is 8. The van der Waals surface area contributed by atoms with E-state index in [2.05, 4.69) is 81.2 Å². The number of aryl methyl sites for hydroxylation is 2. The van der Waals surface area contributed by atoms with Crippen molar-refractivity contribution in [1.82, 2.24) is 25.2 Å². The molecule has 8 nitrogen and oxygen atoms in total. The first kappa shape index (κ1) is 26.2. The number of fused-ring (bicyclic) bond motifs is 1. The molecule has 1 saturated heterocycles. The SMILES string of the molecule is CCNC(=NCc1ccc(N2CCOC(C)C2)nc1)NCCCn1c(C)nc2ccccc21.I. The van der Waals surface area contributed by atoms with Crippen LogP contribution in [0.25, 0.3) is 11.0 Å². The molecule has 2 aromatic heterocycles. The van der Waals surface area contributed by atoms with Gasteiger partial charge in [0.25, 0.3) is 0 Å². The Morgan fingerprint density at radius 3 is 2.82 bits per heavy atom. The zero-order valence-electron chi connectivity index (χ0n) is 20.3. The number of hydrogen-bond donors (Lipinski definition) is 2. The molecule has 1 aliphatic rings. The normalized spacial score (nSPS) is 16.4. The second-order valence-electron chi connectivity index (χ2n) is 8.43. The van der Waals surface area contributed by atoms with E-state index in [9.17, 15) is 0 Å². The number of aromatic nitrogens is 3. The summed E-state index contributed by atoms with van der Waals surface area (Å²) >= 11 is 0. The molecule has 2 N–H and O–H groups in total. The van der Waals surface area contributed by atoms with Crippen molar-refractivity contribution < 1.29 is 4.74 Å². The summed E-state index contributed by atoms with van der Waals surface area (Å²) in [7, 11) is 0. The Labute approximate surface area is 219 Å². The highest BCUT2D eigenvalue weighted by Crippen LogP contribution is 2.16. The van der Waals surface area contributed by atoms with E-state index in [1.165, 1.54) is 5.52 Å². The van der Waals surface area contributed by atoms with Gasteiger partial charge in [0.1, 0.15) is 11.6 Å². The van der Waals surface area contributed by atoms with E-state index in [0.717, 1.165) is 74.4 Å². The predicted octanol–water partition coefficient (Wildman–Crippen LogP) is 3.73. The summed E-state index contributed by atoms with van der Waals surface area (Å²) in [5, 5.41) is 6.78. The lowest BCUT2D eigenvalue weighted by molar-refractivity contribution is 0.0529. The average molecular weight is 578 g/mol. The minimum atomic E-state index is 0. The predicted molar refractivity (Wildman–Crippen MR) is 149 cm³/mol. The van der Waals surface area contributed by atoms with Gasteiger partial charge in [-0.25, -0.2) is 15.0 Å². The monoisotopic (exact) mass is 577 g/mol. The van der Waals surface area contributed by atoms with Crippen LogP contribution < -0.4 is 15.5 Å².